The smallest absolute Gasteiger partial charge is 0.253 e. The Morgan fingerprint density at radius 3 is 2.71 bits per heavy atom. The monoisotopic (exact) mass is 272 g/mol. The Hall–Kier alpha value is -1.26. The highest BCUT2D eigenvalue weighted by molar-refractivity contribution is 6.32. The average Bonchev–Trinajstić information content (AvgIpc) is 2.76. The van der Waals surface area contributed by atoms with Gasteiger partial charge in [-0.25, -0.2) is 0 Å². The van der Waals surface area contributed by atoms with E-state index in [1.165, 1.54) is 0 Å². The van der Waals surface area contributed by atoms with Crippen molar-refractivity contribution in [3.8, 4) is 5.75 Å². The molecular formula is C11H10Cl2N2O2. The maximum absolute atomic E-state index is 5.94. The average molecular weight is 273 g/mol. The zero-order valence-corrected chi connectivity index (χ0v) is 10.4. The Morgan fingerprint density at radius 1 is 1.18 bits per heavy atom. The highest BCUT2D eigenvalue weighted by Crippen LogP contribution is 2.23. The maximum atomic E-state index is 5.94. The lowest BCUT2D eigenvalue weighted by Gasteiger charge is -2.04. The molecule has 4 nitrogen and oxygen atoms in total. The van der Waals surface area contributed by atoms with Crippen molar-refractivity contribution < 1.29 is 9.15 Å². The van der Waals surface area contributed by atoms with E-state index < -0.39 is 0 Å². The number of halogens is 2. The van der Waals surface area contributed by atoms with Gasteiger partial charge in [-0.15, -0.1) is 21.8 Å². The second-order valence-electron chi connectivity index (χ2n) is 3.25. The Bertz CT molecular complexity index is 488. The summed E-state index contributed by atoms with van der Waals surface area (Å²) in [5.41, 5.74) is 0. The van der Waals surface area contributed by atoms with E-state index in [1.807, 2.05) is 12.1 Å². The van der Waals surface area contributed by atoms with E-state index in [-0.39, 0.29) is 6.61 Å². The molecule has 0 aliphatic carbocycles. The van der Waals surface area contributed by atoms with E-state index in [9.17, 15) is 0 Å². The molecule has 1 aromatic carbocycles. The van der Waals surface area contributed by atoms with E-state index in [4.69, 9.17) is 32.4 Å². The van der Waals surface area contributed by atoms with Crippen LogP contribution < -0.4 is 4.74 Å². The van der Waals surface area contributed by atoms with E-state index in [1.54, 1.807) is 12.1 Å². The second-order valence-corrected chi connectivity index (χ2v) is 4.03. The molecule has 0 bridgehead atoms. The topological polar surface area (TPSA) is 48.2 Å². The minimum absolute atomic E-state index is 0.193. The molecule has 17 heavy (non-hydrogen) atoms. The van der Waals surface area contributed by atoms with Crippen LogP contribution in [0.2, 0.25) is 5.02 Å². The molecule has 0 amide bonds. The predicted molar refractivity (Wildman–Crippen MR) is 64.5 cm³/mol. The molecule has 0 saturated heterocycles. The number of alkyl halides is 1. The Kier molecular flexibility index (Phi) is 4.23. The van der Waals surface area contributed by atoms with Crippen LogP contribution in [0.4, 0.5) is 0 Å². The molecule has 1 heterocycles. The van der Waals surface area contributed by atoms with Gasteiger partial charge in [0.1, 0.15) is 5.75 Å². The summed E-state index contributed by atoms with van der Waals surface area (Å²) in [6.07, 6.45) is 0.556. The molecule has 0 spiro atoms. The Labute approximate surface area is 109 Å². The van der Waals surface area contributed by atoms with Gasteiger partial charge >= 0.3 is 0 Å². The Balaban J connectivity index is 1.95. The van der Waals surface area contributed by atoms with Crippen LogP contribution in [0, 0.1) is 0 Å². The molecule has 0 fully saturated rings. The van der Waals surface area contributed by atoms with Gasteiger partial charge in [-0.05, 0) is 12.1 Å². The van der Waals surface area contributed by atoms with Crippen molar-refractivity contribution in [3.63, 3.8) is 0 Å². The molecule has 0 atom stereocenters. The largest absolute Gasteiger partial charge is 0.482 e. The first kappa shape index (κ1) is 12.2. The van der Waals surface area contributed by atoms with Gasteiger partial charge in [-0.3, -0.25) is 0 Å². The number of rotatable bonds is 5. The first-order valence-electron chi connectivity index (χ1n) is 5.04. The molecule has 1 aromatic heterocycles. The molecule has 2 rings (SSSR count). The molecular weight excluding hydrogens is 263 g/mol. The molecule has 0 aliphatic rings. The van der Waals surface area contributed by atoms with Gasteiger partial charge in [-0.1, -0.05) is 23.7 Å². The van der Waals surface area contributed by atoms with Crippen LogP contribution in [0.5, 0.6) is 5.75 Å². The van der Waals surface area contributed by atoms with Gasteiger partial charge in [-0.2, -0.15) is 0 Å². The van der Waals surface area contributed by atoms with Crippen molar-refractivity contribution in [2.75, 3.05) is 5.88 Å². The third kappa shape index (κ3) is 3.35. The number of para-hydroxylation sites is 1. The summed E-state index contributed by atoms with van der Waals surface area (Å²) in [6.45, 7) is 0.193. The number of nitrogens with zero attached hydrogens (tertiary/aromatic N) is 2. The lowest BCUT2D eigenvalue weighted by Crippen LogP contribution is -1.96. The summed E-state index contributed by atoms with van der Waals surface area (Å²) < 4.78 is 10.8. The van der Waals surface area contributed by atoms with Crippen molar-refractivity contribution in [2.24, 2.45) is 0 Å². The maximum Gasteiger partial charge on any atom is 0.253 e. The van der Waals surface area contributed by atoms with E-state index in [2.05, 4.69) is 10.2 Å². The third-order valence-corrected chi connectivity index (χ3v) is 2.51. The van der Waals surface area contributed by atoms with Crippen molar-refractivity contribution in [1.29, 1.82) is 0 Å². The first-order chi connectivity index (χ1) is 8.29. The summed E-state index contributed by atoms with van der Waals surface area (Å²) in [5, 5.41) is 8.21. The minimum Gasteiger partial charge on any atom is -0.482 e. The zero-order valence-electron chi connectivity index (χ0n) is 8.90. The van der Waals surface area contributed by atoms with E-state index >= 15 is 0 Å². The number of hydrogen-bond acceptors (Lipinski definition) is 4. The van der Waals surface area contributed by atoms with Crippen molar-refractivity contribution in [3.05, 3.63) is 41.1 Å². The second kappa shape index (κ2) is 5.89. The van der Waals surface area contributed by atoms with Crippen LogP contribution in [0.3, 0.4) is 0 Å². The number of benzene rings is 1. The van der Waals surface area contributed by atoms with Gasteiger partial charge in [0.25, 0.3) is 5.89 Å². The summed E-state index contributed by atoms with van der Waals surface area (Å²) in [5.74, 6) is 1.96. The van der Waals surface area contributed by atoms with Crippen molar-refractivity contribution in [1.82, 2.24) is 10.2 Å². The molecule has 2 aromatic rings. The predicted octanol–water partition coefficient (Wildman–Crippen LogP) is 3.08. The van der Waals surface area contributed by atoms with Crippen molar-refractivity contribution >= 4 is 23.2 Å². The number of aryl methyl sites for hydroxylation is 1. The zero-order chi connectivity index (χ0) is 12.1. The van der Waals surface area contributed by atoms with Crippen LogP contribution in [-0.4, -0.2) is 16.1 Å². The molecule has 90 valence electrons. The normalized spacial score (nSPS) is 10.5. The summed E-state index contributed by atoms with van der Waals surface area (Å²) in [7, 11) is 0. The number of hydrogen-bond donors (Lipinski definition) is 0. The molecule has 0 radical (unpaired) electrons. The number of aromatic nitrogens is 2. The molecule has 0 N–H and O–H groups in total. The van der Waals surface area contributed by atoms with Crippen LogP contribution in [0.25, 0.3) is 0 Å². The van der Waals surface area contributed by atoms with Gasteiger partial charge in [0.2, 0.25) is 5.89 Å². The number of ether oxygens (including phenoxy) is 1. The van der Waals surface area contributed by atoms with E-state index in [0.29, 0.717) is 34.9 Å². The van der Waals surface area contributed by atoms with Crippen LogP contribution >= 0.6 is 23.2 Å². The first-order valence-corrected chi connectivity index (χ1v) is 5.95. The van der Waals surface area contributed by atoms with Gasteiger partial charge in [0, 0.05) is 12.3 Å². The highest BCUT2D eigenvalue weighted by atomic mass is 35.5. The molecule has 0 aliphatic heterocycles. The summed E-state index contributed by atoms with van der Waals surface area (Å²) in [4.78, 5) is 0. The minimum atomic E-state index is 0.193. The van der Waals surface area contributed by atoms with Crippen molar-refractivity contribution in [2.45, 2.75) is 13.0 Å². The standard InChI is InChI=1S/C11H10Cl2N2O2/c12-6-5-10-14-15-11(17-10)7-16-9-4-2-1-3-8(9)13/h1-4H,5-7H2. The third-order valence-electron chi connectivity index (χ3n) is 2.00. The molecule has 0 saturated carbocycles. The fraction of sp³-hybridized carbons (Fsp3) is 0.273. The fourth-order valence-electron chi connectivity index (χ4n) is 1.23. The fourth-order valence-corrected chi connectivity index (χ4v) is 1.58. The van der Waals surface area contributed by atoms with Crippen LogP contribution in [0.1, 0.15) is 11.8 Å². The summed E-state index contributed by atoms with van der Waals surface area (Å²) >= 11 is 11.5. The van der Waals surface area contributed by atoms with Gasteiger partial charge in [0.05, 0.1) is 5.02 Å². The Morgan fingerprint density at radius 2 is 1.94 bits per heavy atom. The van der Waals surface area contributed by atoms with Gasteiger partial charge < -0.3 is 9.15 Å². The van der Waals surface area contributed by atoms with E-state index in [0.717, 1.165) is 0 Å². The lowest BCUT2D eigenvalue weighted by molar-refractivity contribution is 0.259. The van der Waals surface area contributed by atoms with Crippen LogP contribution in [-0.2, 0) is 13.0 Å². The quantitative estimate of drug-likeness (QED) is 0.785. The molecule has 0 unspecified atom stereocenters. The van der Waals surface area contributed by atoms with Crippen LogP contribution in [0.15, 0.2) is 28.7 Å². The SMILES string of the molecule is ClCCc1nnc(COc2ccccc2Cl)o1. The summed E-state index contributed by atoms with van der Waals surface area (Å²) in [6, 6.07) is 7.20. The lowest BCUT2D eigenvalue weighted by atomic mass is 10.3. The highest BCUT2D eigenvalue weighted by Gasteiger charge is 2.07. The molecule has 6 heteroatoms. The van der Waals surface area contributed by atoms with Gasteiger partial charge in [0.15, 0.2) is 6.61 Å².